The molecule has 1 aromatic carbocycles. The normalized spacial score (nSPS) is 17.3. The Morgan fingerprint density at radius 3 is 2.19 bits per heavy atom. The van der Waals surface area contributed by atoms with Crippen molar-refractivity contribution in [3.8, 4) is 0 Å². The van der Waals surface area contributed by atoms with Crippen molar-refractivity contribution in [3.63, 3.8) is 0 Å². The van der Waals surface area contributed by atoms with Gasteiger partial charge in [0.2, 0.25) is 5.91 Å². The molecule has 0 aliphatic heterocycles. The molecule has 112 valence electrons. The molecule has 0 aromatic heterocycles. The van der Waals surface area contributed by atoms with Crippen LogP contribution in [0.5, 0.6) is 0 Å². The summed E-state index contributed by atoms with van der Waals surface area (Å²) in [6, 6.07) is 7.77. The Labute approximate surface area is 121 Å². The van der Waals surface area contributed by atoms with Crippen molar-refractivity contribution in [2.75, 3.05) is 0 Å². The van der Waals surface area contributed by atoms with Crippen LogP contribution < -0.4 is 5.32 Å². The molecule has 0 bridgehead atoms. The summed E-state index contributed by atoms with van der Waals surface area (Å²) in [6.45, 7) is 0. The van der Waals surface area contributed by atoms with Gasteiger partial charge in [-0.15, -0.1) is 0 Å². The molecule has 0 radical (unpaired) electrons. The number of carbonyl (C=O) groups is 3. The van der Waals surface area contributed by atoms with E-state index in [1.165, 1.54) is 0 Å². The molecule has 1 atom stereocenters. The summed E-state index contributed by atoms with van der Waals surface area (Å²) >= 11 is 0. The summed E-state index contributed by atoms with van der Waals surface area (Å²) in [7, 11) is 0. The Hall–Kier alpha value is -2.37. The molecule has 1 unspecified atom stereocenters. The molecule has 2 rings (SSSR count). The average molecular weight is 291 g/mol. The number of aliphatic carboxylic acids is 2. The van der Waals surface area contributed by atoms with Crippen molar-refractivity contribution in [3.05, 3.63) is 35.9 Å². The Bertz CT molecular complexity index is 550. The average Bonchev–Trinajstić information content (AvgIpc) is 2.37. The monoisotopic (exact) mass is 291 g/mol. The van der Waals surface area contributed by atoms with Crippen LogP contribution >= 0.6 is 0 Å². The zero-order valence-corrected chi connectivity index (χ0v) is 11.4. The molecule has 1 aliphatic carbocycles. The van der Waals surface area contributed by atoms with E-state index in [1.54, 1.807) is 0 Å². The van der Waals surface area contributed by atoms with Crippen LogP contribution in [0.1, 0.15) is 31.2 Å². The third-order valence-corrected chi connectivity index (χ3v) is 3.95. The van der Waals surface area contributed by atoms with Crippen LogP contribution in [0.25, 0.3) is 0 Å². The van der Waals surface area contributed by atoms with Gasteiger partial charge in [0.1, 0.15) is 6.04 Å². The van der Waals surface area contributed by atoms with Crippen molar-refractivity contribution >= 4 is 17.8 Å². The Morgan fingerprint density at radius 1 is 1.14 bits per heavy atom. The van der Waals surface area contributed by atoms with Gasteiger partial charge in [-0.05, 0) is 18.4 Å². The highest BCUT2D eigenvalue weighted by molar-refractivity contribution is 5.93. The van der Waals surface area contributed by atoms with Crippen LogP contribution in [0, 0.1) is 0 Å². The molecule has 1 aliphatic rings. The summed E-state index contributed by atoms with van der Waals surface area (Å²) in [5.74, 6) is -3.01. The van der Waals surface area contributed by atoms with Gasteiger partial charge in [-0.1, -0.05) is 36.8 Å². The van der Waals surface area contributed by atoms with E-state index in [0.717, 1.165) is 12.0 Å². The lowest BCUT2D eigenvalue weighted by molar-refractivity contribution is -0.148. The second-order valence-corrected chi connectivity index (χ2v) is 5.26. The van der Waals surface area contributed by atoms with E-state index < -0.39 is 35.7 Å². The number of carboxylic acid groups (broad SMARTS) is 2. The molecule has 0 spiro atoms. The van der Waals surface area contributed by atoms with Crippen LogP contribution in [0.3, 0.4) is 0 Å². The van der Waals surface area contributed by atoms with Gasteiger partial charge in [-0.2, -0.15) is 0 Å². The number of carbonyl (C=O) groups excluding carboxylic acids is 1. The zero-order chi connectivity index (χ0) is 15.5. The zero-order valence-electron chi connectivity index (χ0n) is 11.4. The first-order chi connectivity index (χ1) is 9.95. The maximum absolute atomic E-state index is 12.5. The van der Waals surface area contributed by atoms with Crippen molar-refractivity contribution in [1.82, 2.24) is 5.32 Å². The fraction of sp³-hybridized carbons (Fsp3) is 0.400. The predicted octanol–water partition coefficient (Wildman–Crippen LogP) is 1.15. The first-order valence-electron chi connectivity index (χ1n) is 6.77. The van der Waals surface area contributed by atoms with E-state index >= 15 is 0 Å². The first kappa shape index (κ1) is 15.0. The number of benzene rings is 1. The molecule has 0 heterocycles. The van der Waals surface area contributed by atoms with Gasteiger partial charge < -0.3 is 15.5 Å². The van der Waals surface area contributed by atoms with Gasteiger partial charge in [0.15, 0.2) is 0 Å². The Morgan fingerprint density at radius 2 is 1.76 bits per heavy atom. The highest BCUT2D eigenvalue weighted by Gasteiger charge is 2.46. The molecular weight excluding hydrogens is 274 g/mol. The highest BCUT2D eigenvalue weighted by Crippen LogP contribution is 2.43. The maximum atomic E-state index is 12.5. The topological polar surface area (TPSA) is 104 Å². The maximum Gasteiger partial charge on any atom is 0.326 e. The first-order valence-corrected chi connectivity index (χ1v) is 6.77. The number of rotatable bonds is 6. The predicted molar refractivity (Wildman–Crippen MR) is 73.8 cm³/mol. The van der Waals surface area contributed by atoms with Crippen LogP contribution in [-0.4, -0.2) is 34.1 Å². The number of hydrogen-bond donors (Lipinski definition) is 3. The van der Waals surface area contributed by atoms with Crippen LogP contribution in [0.2, 0.25) is 0 Å². The molecule has 21 heavy (non-hydrogen) atoms. The van der Waals surface area contributed by atoms with Gasteiger partial charge in [0.25, 0.3) is 0 Å². The van der Waals surface area contributed by atoms with E-state index in [2.05, 4.69) is 5.32 Å². The van der Waals surface area contributed by atoms with Gasteiger partial charge in [0, 0.05) is 0 Å². The van der Waals surface area contributed by atoms with Crippen molar-refractivity contribution < 1.29 is 24.6 Å². The summed E-state index contributed by atoms with van der Waals surface area (Å²) in [5, 5.41) is 20.1. The Balaban J connectivity index is 2.17. The smallest absolute Gasteiger partial charge is 0.326 e. The minimum absolute atomic E-state index is 0.409. The van der Waals surface area contributed by atoms with E-state index in [-0.39, 0.29) is 0 Å². The summed E-state index contributed by atoms with van der Waals surface area (Å²) < 4.78 is 0. The van der Waals surface area contributed by atoms with Gasteiger partial charge in [-0.25, -0.2) is 4.79 Å². The van der Waals surface area contributed by atoms with Crippen LogP contribution in [-0.2, 0) is 19.8 Å². The molecule has 6 nitrogen and oxygen atoms in total. The SMILES string of the molecule is O=C(O)CC(NC(=O)C1(c2ccccc2)CCC1)C(=O)O. The van der Waals surface area contributed by atoms with E-state index in [4.69, 9.17) is 10.2 Å². The van der Waals surface area contributed by atoms with Crippen molar-refractivity contribution in [2.45, 2.75) is 37.1 Å². The molecule has 3 N–H and O–H groups in total. The second kappa shape index (κ2) is 5.95. The molecule has 0 saturated heterocycles. The molecule has 1 fully saturated rings. The van der Waals surface area contributed by atoms with Gasteiger partial charge in [0.05, 0.1) is 11.8 Å². The number of amides is 1. The van der Waals surface area contributed by atoms with E-state index in [9.17, 15) is 14.4 Å². The lowest BCUT2D eigenvalue weighted by Crippen LogP contribution is -2.54. The summed E-state index contributed by atoms with van der Waals surface area (Å²) in [5.41, 5.74) is 0.112. The lowest BCUT2D eigenvalue weighted by atomic mass is 9.63. The number of hydrogen-bond acceptors (Lipinski definition) is 3. The quantitative estimate of drug-likeness (QED) is 0.729. The fourth-order valence-corrected chi connectivity index (χ4v) is 2.61. The molecule has 1 saturated carbocycles. The van der Waals surface area contributed by atoms with Gasteiger partial charge in [-0.3, -0.25) is 9.59 Å². The van der Waals surface area contributed by atoms with Crippen LogP contribution in [0.4, 0.5) is 0 Å². The van der Waals surface area contributed by atoms with Crippen molar-refractivity contribution in [1.29, 1.82) is 0 Å². The third kappa shape index (κ3) is 3.04. The lowest BCUT2D eigenvalue weighted by Gasteiger charge is -2.41. The molecule has 1 aromatic rings. The fourth-order valence-electron chi connectivity index (χ4n) is 2.61. The van der Waals surface area contributed by atoms with E-state index in [1.807, 2.05) is 30.3 Å². The third-order valence-electron chi connectivity index (χ3n) is 3.95. The standard InChI is InChI=1S/C15H17NO5/c17-12(18)9-11(13(19)20)16-14(21)15(7-4-8-15)10-5-2-1-3-6-10/h1-3,5-6,11H,4,7-9H2,(H,16,21)(H,17,18)(H,19,20). The minimum atomic E-state index is -1.41. The second-order valence-electron chi connectivity index (χ2n) is 5.26. The van der Waals surface area contributed by atoms with E-state index in [0.29, 0.717) is 12.8 Å². The summed E-state index contributed by atoms with van der Waals surface area (Å²) in [6.07, 6.45) is 1.54. The number of nitrogens with one attached hydrogen (secondary N) is 1. The van der Waals surface area contributed by atoms with Crippen molar-refractivity contribution in [2.24, 2.45) is 0 Å². The Kier molecular flexibility index (Phi) is 4.26. The summed E-state index contributed by atoms with van der Waals surface area (Å²) in [4.78, 5) is 34.2. The van der Waals surface area contributed by atoms with Crippen LogP contribution in [0.15, 0.2) is 30.3 Å². The minimum Gasteiger partial charge on any atom is -0.481 e. The molecule has 6 heteroatoms. The number of carboxylic acids is 2. The highest BCUT2D eigenvalue weighted by atomic mass is 16.4. The molecular formula is C15H17NO5. The molecule has 1 amide bonds. The van der Waals surface area contributed by atoms with Gasteiger partial charge >= 0.3 is 11.9 Å². The largest absolute Gasteiger partial charge is 0.481 e.